The van der Waals surface area contributed by atoms with Gasteiger partial charge in [0, 0.05) is 59.2 Å². The van der Waals surface area contributed by atoms with Crippen molar-refractivity contribution in [1.29, 1.82) is 5.41 Å². The normalized spacial score (nSPS) is 20.8. The minimum absolute atomic E-state index is 0.0802. The first-order chi connectivity index (χ1) is 19.9. The molecule has 2 unspecified atom stereocenters. The van der Waals surface area contributed by atoms with Gasteiger partial charge in [-0.05, 0) is 107 Å². The predicted octanol–water partition coefficient (Wildman–Crippen LogP) is 7.35. The van der Waals surface area contributed by atoms with Gasteiger partial charge in [-0.25, -0.2) is 0 Å². The molecule has 9 heteroatoms. The summed E-state index contributed by atoms with van der Waals surface area (Å²) in [7, 11) is 0. The van der Waals surface area contributed by atoms with E-state index < -0.39 is 0 Å². The molecule has 6 nitrogen and oxygen atoms in total. The predicted molar refractivity (Wildman–Crippen MR) is 166 cm³/mol. The van der Waals surface area contributed by atoms with Gasteiger partial charge in [-0.1, -0.05) is 41.4 Å². The maximum atomic E-state index is 13.4. The minimum atomic E-state index is 0.0802. The molecule has 2 fully saturated rings. The van der Waals surface area contributed by atoms with E-state index >= 15 is 0 Å². The lowest BCUT2D eigenvalue weighted by Crippen LogP contribution is -2.41. The van der Waals surface area contributed by atoms with Crippen molar-refractivity contribution in [3.8, 4) is 5.75 Å². The molecule has 41 heavy (non-hydrogen) atoms. The number of amides is 1. The number of pyridine rings is 1. The van der Waals surface area contributed by atoms with Gasteiger partial charge in [-0.15, -0.1) is 0 Å². The lowest BCUT2D eigenvalue weighted by molar-refractivity contribution is -0.133. The van der Waals surface area contributed by atoms with E-state index in [1.807, 2.05) is 52.4 Å². The number of para-hydroxylation sites is 1. The van der Waals surface area contributed by atoms with Crippen LogP contribution in [0.2, 0.25) is 10.0 Å². The van der Waals surface area contributed by atoms with Crippen LogP contribution in [0.25, 0.3) is 0 Å². The summed E-state index contributed by atoms with van der Waals surface area (Å²) in [6.07, 6.45) is 6.85. The summed E-state index contributed by atoms with van der Waals surface area (Å²) in [5, 5.41) is 9.73. The third-order valence-electron chi connectivity index (χ3n) is 8.78. The molecule has 214 valence electrons. The molecule has 3 heterocycles. The molecule has 2 atom stereocenters. The Morgan fingerprint density at radius 2 is 1.73 bits per heavy atom. The third kappa shape index (κ3) is 6.27. The van der Waals surface area contributed by atoms with Crippen LogP contribution in [-0.2, 0) is 17.6 Å². The van der Waals surface area contributed by atoms with Crippen molar-refractivity contribution < 1.29 is 9.53 Å². The highest BCUT2D eigenvalue weighted by Crippen LogP contribution is 2.46. The molecule has 1 N–H and O–H groups in total. The smallest absolute Gasteiger partial charge is 0.289 e. The van der Waals surface area contributed by atoms with Gasteiger partial charge in [0.15, 0.2) is 0 Å². The zero-order chi connectivity index (χ0) is 28.5. The molecule has 2 saturated heterocycles. The Bertz CT molecular complexity index is 1450. The number of carbonyl (C=O) groups excluding carboxylic acids is 1. The number of ether oxygens (including phenoxy) is 1. The first-order valence-electron chi connectivity index (χ1n) is 14.3. The van der Waals surface area contributed by atoms with E-state index in [2.05, 4.69) is 28.1 Å². The van der Waals surface area contributed by atoms with Crippen molar-refractivity contribution in [3.05, 3.63) is 91.6 Å². The Morgan fingerprint density at radius 1 is 1.00 bits per heavy atom. The number of nitrogens with zero attached hydrogens (tertiary/aromatic N) is 3. The van der Waals surface area contributed by atoms with Crippen molar-refractivity contribution in [1.82, 2.24) is 14.8 Å². The first-order valence-corrected chi connectivity index (χ1v) is 15.9. The fourth-order valence-electron chi connectivity index (χ4n) is 6.74. The van der Waals surface area contributed by atoms with Crippen molar-refractivity contribution in [2.75, 3.05) is 26.2 Å². The van der Waals surface area contributed by atoms with Crippen LogP contribution >= 0.6 is 39.1 Å². The van der Waals surface area contributed by atoms with Crippen LogP contribution in [0, 0.1) is 17.2 Å². The number of piperidine rings is 1. The summed E-state index contributed by atoms with van der Waals surface area (Å²) in [4.78, 5) is 22.2. The number of benzene rings is 2. The van der Waals surface area contributed by atoms with E-state index in [0.29, 0.717) is 34.7 Å². The number of hydrogen-bond acceptors (Lipinski definition) is 4. The van der Waals surface area contributed by atoms with Gasteiger partial charge in [0.1, 0.15) is 5.75 Å². The monoisotopic (exact) mass is 654 g/mol. The average Bonchev–Trinajstić information content (AvgIpc) is 3.37. The highest BCUT2D eigenvalue weighted by atomic mass is 79.9. The number of hydrogen-bond donors (Lipinski definition) is 1. The van der Waals surface area contributed by atoms with Crippen molar-refractivity contribution in [2.24, 2.45) is 11.8 Å². The average molecular weight is 656 g/mol. The zero-order valence-corrected chi connectivity index (χ0v) is 25.9. The van der Waals surface area contributed by atoms with E-state index in [1.165, 1.54) is 11.1 Å². The third-order valence-corrected chi connectivity index (χ3v) is 9.74. The number of carbonyl (C=O) groups is 1. The molecule has 2 aromatic carbocycles. The summed E-state index contributed by atoms with van der Waals surface area (Å²) in [6, 6.07) is 15.7. The number of rotatable bonds is 4. The van der Waals surface area contributed by atoms with Crippen LogP contribution in [-0.4, -0.2) is 52.9 Å². The van der Waals surface area contributed by atoms with Gasteiger partial charge in [0.05, 0.1) is 5.69 Å². The van der Waals surface area contributed by atoms with E-state index in [0.717, 1.165) is 67.5 Å². The molecule has 2 aliphatic heterocycles. The highest BCUT2D eigenvalue weighted by Gasteiger charge is 2.37. The maximum Gasteiger partial charge on any atom is 0.289 e. The van der Waals surface area contributed by atoms with Gasteiger partial charge in [-0.2, -0.15) is 0 Å². The molecule has 1 aliphatic carbocycles. The second-order valence-corrected chi connectivity index (χ2v) is 13.1. The number of amidine groups is 1. The number of likely N-dealkylation sites (tertiary alicyclic amines) is 2. The minimum Gasteiger partial charge on any atom is -0.426 e. The molecule has 3 aromatic rings. The summed E-state index contributed by atoms with van der Waals surface area (Å²) in [5.41, 5.74) is 4.71. The number of aryl methyl sites for hydroxylation is 2. The zero-order valence-electron chi connectivity index (χ0n) is 22.8. The lowest BCUT2D eigenvalue weighted by atomic mass is 9.76. The van der Waals surface area contributed by atoms with E-state index in [9.17, 15) is 4.79 Å². The number of halogens is 3. The molecule has 0 radical (unpaired) electrons. The maximum absolute atomic E-state index is 13.4. The van der Waals surface area contributed by atoms with Crippen molar-refractivity contribution >= 4 is 51.1 Å². The molecule has 6 rings (SSSR count). The number of fused-ring (bicyclic) bond motifs is 2. The Morgan fingerprint density at radius 3 is 2.51 bits per heavy atom. The fraction of sp³-hybridized carbons (Fsp3) is 0.406. The molecule has 0 spiro atoms. The Labute approximate surface area is 259 Å². The molecular weight excluding hydrogens is 623 g/mol. The van der Waals surface area contributed by atoms with Crippen molar-refractivity contribution in [3.63, 3.8) is 0 Å². The van der Waals surface area contributed by atoms with Crippen LogP contribution in [0.1, 0.15) is 54.0 Å². The highest BCUT2D eigenvalue weighted by molar-refractivity contribution is 9.10. The van der Waals surface area contributed by atoms with Crippen LogP contribution in [0.5, 0.6) is 5.75 Å². The standard InChI is InChI=1S/C32H33BrCl2N4O2/c33-24-15-23-7-6-22-16-25(34)17-27(35)29(22)30(31(23)37-18-24)21-9-12-38(13-10-21)28(40)14-20-8-11-39(19-20)32(36)41-26-4-2-1-3-5-26/h1-5,15-18,20-21,30,36H,6-14,19H2. The Kier molecular flexibility index (Phi) is 8.57. The summed E-state index contributed by atoms with van der Waals surface area (Å²) >= 11 is 16.9. The fourth-order valence-corrected chi connectivity index (χ4v) is 7.77. The quantitative estimate of drug-likeness (QED) is 0.236. The molecule has 3 aliphatic rings. The summed E-state index contributed by atoms with van der Waals surface area (Å²) < 4.78 is 6.69. The molecule has 0 bridgehead atoms. The van der Waals surface area contributed by atoms with Crippen LogP contribution in [0.15, 0.2) is 59.2 Å². The first kappa shape index (κ1) is 28.5. The van der Waals surface area contributed by atoms with Gasteiger partial charge in [-0.3, -0.25) is 15.2 Å². The van der Waals surface area contributed by atoms with E-state index in [-0.39, 0.29) is 23.8 Å². The SMILES string of the molecule is N=C(Oc1ccccc1)N1CCC(CC(=O)N2CCC(C3c4ncc(Br)cc4CCc4cc(Cl)cc(Cl)c43)CC2)C1. The van der Waals surface area contributed by atoms with Crippen LogP contribution in [0.3, 0.4) is 0 Å². The van der Waals surface area contributed by atoms with E-state index in [1.54, 1.807) is 0 Å². The van der Waals surface area contributed by atoms with Gasteiger partial charge in [0.25, 0.3) is 6.02 Å². The Hall–Kier alpha value is -2.61. The second-order valence-electron chi connectivity index (χ2n) is 11.4. The van der Waals surface area contributed by atoms with Crippen LogP contribution < -0.4 is 4.74 Å². The Balaban J connectivity index is 1.10. The van der Waals surface area contributed by atoms with Gasteiger partial charge in [0.2, 0.25) is 5.91 Å². The van der Waals surface area contributed by atoms with Gasteiger partial charge >= 0.3 is 0 Å². The second kappa shape index (κ2) is 12.3. The summed E-state index contributed by atoms with van der Waals surface area (Å²) in [5.74, 6) is 1.51. The molecule has 1 aromatic heterocycles. The topological polar surface area (TPSA) is 69.5 Å². The molecular formula is C32H33BrCl2N4O2. The summed E-state index contributed by atoms with van der Waals surface area (Å²) in [6.45, 7) is 2.87. The lowest BCUT2D eigenvalue weighted by Gasteiger charge is -2.37. The van der Waals surface area contributed by atoms with Crippen LogP contribution in [0.4, 0.5) is 0 Å². The van der Waals surface area contributed by atoms with E-state index in [4.69, 9.17) is 38.3 Å². The number of nitrogens with one attached hydrogen (secondary N) is 1. The molecule has 1 amide bonds. The number of aromatic nitrogens is 1. The van der Waals surface area contributed by atoms with Crippen molar-refractivity contribution in [2.45, 2.75) is 44.4 Å². The molecule has 0 saturated carbocycles. The van der Waals surface area contributed by atoms with Gasteiger partial charge < -0.3 is 14.5 Å². The largest absolute Gasteiger partial charge is 0.426 e.